The van der Waals surface area contributed by atoms with Crippen LogP contribution in [0, 0.1) is 5.92 Å². The lowest BCUT2D eigenvalue weighted by molar-refractivity contribution is 0.0830. The largest absolute Gasteiger partial charge is 0.486 e. The molecule has 0 saturated carbocycles. The van der Waals surface area contributed by atoms with E-state index in [9.17, 15) is 9.59 Å². The molecule has 0 radical (unpaired) electrons. The van der Waals surface area contributed by atoms with Gasteiger partial charge in [-0.1, -0.05) is 42.5 Å². The van der Waals surface area contributed by atoms with Gasteiger partial charge in [-0.3, -0.25) is 4.79 Å². The molecule has 2 heterocycles. The van der Waals surface area contributed by atoms with Crippen LogP contribution in [0.5, 0.6) is 11.5 Å². The number of para-hydroxylation sites is 2. The maximum absolute atomic E-state index is 12.6. The highest BCUT2D eigenvalue weighted by atomic mass is 16.6. The second-order valence-electron chi connectivity index (χ2n) is 7.18. The lowest BCUT2D eigenvalue weighted by atomic mass is 9.89. The van der Waals surface area contributed by atoms with Crippen LogP contribution in [0.15, 0.2) is 54.6 Å². The Labute approximate surface area is 164 Å². The third kappa shape index (κ3) is 4.11. The van der Waals surface area contributed by atoms with Crippen LogP contribution in [-0.2, 0) is 0 Å². The van der Waals surface area contributed by atoms with Gasteiger partial charge in [-0.05, 0) is 25.0 Å². The van der Waals surface area contributed by atoms with Gasteiger partial charge in [-0.2, -0.15) is 0 Å². The van der Waals surface area contributed by atoms with Gasteiger partial charge < -0.3 is 19.7 Å². The lowest BCUT2D eigenvalue weighted by Crippen LogP contribution is -2.49. The highest BCUT2D eigenvalue weighted by molar-refractivity contribution is 5.97. The molecule has 0 aliphatic carbocycles. The quantitative estimate of drug-likeness (QED) is 0.828. The molecule has 6 heteroatoms. The second-order valence-corrected chi connectivity index (χ2v) is 7.18. The van der Waals surface area contributed by atoms with Crippen LogP contribution in [0.3, 0.4) is 0 Å². The minimum atomic E-state index is -0.212. The van der Waals surface area contributed by atoms with E-state index in [1.807, 2.05) is 54.6 Å². The van der Waals surface area contributed by atoms with Crippen molar-refractivity contribution in [1.29, 1.82) is 0 Å². The molecule has 0 bridgehead atoms. The van der Waals surface area contributed by atoms with Crippen molar-refractivity contribution in [3.05, 3.63) is 60.2 Å². The SMILES string of the molecule is O=C(c1ccccc1)C1CCN(C(=O)NCC2COc3ccccc3O2)CC1. The molecule has 2 amide bonds. The molecule has 2 aromatic rings. The van der Waals surface area contributed by atoms with Crippen molar-refractivity contribution in [3.8, 4) is 11.5 Å². The number of likely N-dealkylation sites (tertiary alicyclic amines) is 1. The molecular formula is C22H24N2O4. The summed E-state index contributed by atoms with van der Waals surface area (Å²) in [6.45, 7) is 1.96. The lowest BCUT2D eigenvalue weighted by Gasteiger charge is -2.32. The summed E-state index contributed by atoms with van der Waals surface area (Å²) in [6.07, 6.45) is 1.17. The number of piperidine rings is 1. The molecular weight excluding hydrogens is 356 g/mol. The molecule has 1 fully saturated rings. The summed E-state index contributed by atoms with van der Waals surface area (Å²) >= 11 is 0. The van der Waals surface area contributed by atoms with Gasteiger partial charge in [0.15, 0.2) is 23.4 Å². The summed E-state index contributed by atoms with van der Waals surface area (Å²) in [5, 5.41) is 2.93. The minimum Gasteiger partial charge on any atom is -0.486 e. The van der Waals surface area contributed by atoms with Crippen molar-refractivity contribution in [2.24, 2.45) is 5.92 Å². The van der Waals surface area contributed by atoms with Gasteiger partial charge in [0, 0.05) is 24.6 Å². The number of nitrogens with zero attached hydrogens (tertiary/aromatic N) is 1. The van der Waals surface area contributed by atoms with Crippen molar-refractivity contribution in [3.63, 3.8) is 0 Å². The number of urea groups is 1. The Bertz CT molecular complexity index is 831. The van der Waals surface area contributed by atoms with Crippen molar-refractivity contribution in [2.45, 2.75) is 18.9 Å². The van der Waals surface area contributed by atoms with Crippen LogP contribution in [0.25, 0.3) is 0 Å². The molecule has 6 nitrogen and oxygen atoms in total. The van der Waals surface area contributed by atoms with Crippen LogP contribution in [0.2, 0.25) is 0 Å². The number of rotatable bonds is 4. The molecule has 0 spiro atoms. The van der Waals surface area contributed by atoms with E-state index in [2.05, 4.69) is 5.32 Å². The van der Waals surface area contributed by atoms with Gasteiger partial charge in [0.1, 0.15) is 6.61 Å². The number of hydrogen-bond donors (Lipinski definition) is 1. The van der Waals surface area contributed by atoms with Crippen LogP contribution in [-0.4, -0.2) is 49.1 Å². The van der Waals surface area contributed by atoms with Gasteiger partial charge in [0.25, 0.3) is 0 Å². The number of hydrogen-bond acceptors (Lipinski definition) is 4. The number of fused-ring (bicyclic) bond motifs is 1. The van der Waals surface area contributed by atoms with E-state index in [0.717, 1.165) is 11.3 Å². The van der Waals surface area contributed by atoms with E-state index in [-0.39, 0.29) is 23.8 Å². The minimum absolute atomic E-state index is 0.0157. The predicted molar refractivity (Wildman–Crippen MR) is 105 cm³/mol. The van der Waals surface area contributed by atoms with Crippen molar-refractivity contribution in [1.82, 2.24) is 10.2 Å². The van der Waals surface area contributed by atoms with Gasteiger partial charge in [-0.15, -0.1) is 0 Å². The van der Waals surface area contributed by atoms with Gasteiger partial charge in [0.05, 0.1) is 6.54 Å². The number of carbonyl (C=O) groups excluding carboxylic acids is 2. The van der Waals surface area contributed by atoms with E-state index in [4.69, 9.17) is 9.47 Å². The Kier molecular flexibility index (Phi) is 5.46. The molecule has 0 aromatic heterocycles. The molecule has 28 heavy (non-hydrogen) atoms. The molecule has 1 N–H and O–H groups in total. The fourth-order valence-corrected chi connectivity index (χ4v) is 3.66. The second kappa shape index (κ2) is 8.33. The van der Waals surface area contributed by atoms with Crippen molar-refractivity contribution in [2.75, 3.05) is 26.2 Å². The standard InChI is InChI=1S/C22H24N2O4/c25-21(16-6-2-1-3-7-16)17-10-12-24(13-11-17)22(26)23-14-18-15-27-19-8-4-5-9-20(19)28-18/h1-9,17-18H,10-15H2,(H,23,26). The molecule has 2 aromatic carbocycles. The average Bonchev–Trinajstić information content (AvgIpc) is 2.77. The summed E-state index contributed by atoms with van der Waals surface area (Å²) in [5.41, 5.74) is 0.750. The highest BCUT2D eigenvalue weighted by Crippen LogP contribution is 2.30. The number of Topliss-reactive ketones (excluding diaryl/α,β-unsaturated/α-hetero) is 1. The molecule has 146 valence electrons. The Morgan fingerprint density at radius 1 is 0.964 bits per heavy atom. The third-order valence-corrected chi connectivity index (χ3v) is 5.26. The smallest absolute Gasteiger partial charge is 0.317 e. The summed E-state index contributed by atoms with van der Waals surface area (Å²) in [7, 11) is 0. The number of ketones is 1. The Morgan fingerprint density at radius 2 is 1.64 bits per heavy atom. The number of amides is 2. The van der Waals surface area contributed by atoms with Gasteiger partial charge in [0.2, 0.25) is 0 Å². The van der Waals surface area contributed by atoms with Gasteiger partial charge >= 0.3 is 6.03 Å². The highest BCUT2D eigenvalue weighted by Gasteiger charge is 2.28. The number of nitrogens with one attached hydrogen (secondary N) is 1. The van der Waals surface area contributed by atoms with E-state index in [1.165, 1.54) is 0 Å². The first-order chi connectivity index (χ1) is 13.7. The van der Waals surface area contributed by atoms with E-state index < -0.39 is 0 Å². The maximum atomic E-state index is 12.6. The molecule has 2 aliphatic heterocycles. The van der Waals surface area contributed by atoms with Gasteiger partial charge in [-0.25, -0.2) is 4.79 Å². The average molecular weight is 380 g/mol. The maximum Gasteiger partial charge on any atom is 0.317 e. The van der Waals surface area contributed by atoms with E-state index >= 15 is 0 Å². The van der Waals surface area contributed by atoms with Crippen molar-refractivity contribution < 1.29 is 19.1 Å². The molecule has 4 rings (SSSR count). The summed E-state index contributed by atoms with van der Waals surface area (Å²) in [4.78, 5) is 26.8. The summed E-state index contributed by atoms with van der Waals surface area (Å²) in [6, 6.07) is 16.8. The molecule has 1 unspecified atom stereocenters. The van der Waals surface area contributed by atoms with Crippen LogP contribution in [0.4, 0.5) is 4.79 Å². The first-order valence-electron chi connectivity index (χ1n) is 9.71. The summed E-state index contributed by atoms with van der Waals surface area (Å²) < 4.78 is 11.5. The summed E-state index contributed by atoms with van der Waals surface area (Å²) in [5.74, 6) is 1.59. The van der Waals surface area contributed by atoms with Crippen LogP contribution >= 0.6 is 0 Å². The molecule has 1 atom stereocenters. The first kappa shape index (κ1) is 18.3. The van der Waals surface area contributed by atoms with Crippen molar-refractivity contribution >= 4 is 11.8 Å². The normalized spacial score (nSPS) is 19.1. The Morgan fingerprint density at radius 3 is 2.39 bits per heavy atom. The van der Waals surface area contributed by atoms with Crippen LogP contribution < -0.4 is 14.8 Å². The fourth-order valence-electron chi connectivity index (χ4n) is 3.66. The Balaban J connectivity index is 1.23. The number of ether oxygens (including phenoxy) is 2. The molecule has 2 aliphatic rings. The predicted octanol–water partition coefficient (Wildman–Crippen LogP) is 3.13. The topological polar surface area (TPSA) is 67.9 Å². The Hall–Kier alpha value is -3.02. The fraction of sp³-hybridized carbons (Fsp3) is 0.364. The van der Waals surface area contributed by atoms with E-state index in [0.29, 0.717) is 44.8 Å². The number of carbonyl (C=O) groups is 2. The third-order valence-electron chi connectivity index (χ3n) is 5.26. The zero-order valence-corrected chi connectivity index (χ0v) is 15.7. The molecule has 1 saturated heterocycles. The van der Waals surface area contributed by atoms with Crippen LogP contribution in [0.1, 0.15) is 23.2 Å². The first-order valence-corrected chi connectivity index (χ1v) is 9.71. The monoisotopic (exact) mass is 380 g/mol. The number of benzene rings is 2. The zero-order valence-electron chi connectivity index (χ0n) is 15.7. The zero-order chi connectivity index (χ0) is 19.3. The van der Waals surface area contributed by atoms with E-state index in [1.54, 1.807) is 4.90 Å².